The standard InChI is InChI=1S/C18H16F3NO4/c1-3-26-14-8-5-11(10-15(14)25-2)4-7-13(23)12-6-9-16(18(19,20)21)22-17(12)24/h4-10H,3H2,1-2H3,(H,22,24). The van der Waals surface area contributed by atoms with E-state index in [-0.39, 0.29) is 5.56 Å². The molecule has 2 aromatic rings. The van der Waals surface area contributed by atoms with Gasteiger partial charge in [0.2, 0.25) is 0 Å². The van der Waals surface area contributed by atoms with Crippen molar-refractivity contribution < 1.29 is 27.4 Å². The van der Waals surface area contributed by atoms with Gasteiger partial charge < -0.3 is 14.5 Å². The van der Waals surface area contributed by atoms with E-state index in [9.17, 15) is 22.8 Å². The average molecular weight is 367 g/mol. The molecule has 138 valence electrons. The molecule has 0 fully saturated rings. The molecule has 0 aliphatic heterocycles. The van der Waals surface area contributed by atoms with Gasteiger partial charge in [0.05, 0.1) is 19.3 Å². The molecule has 8 heteroatoms. The highest BCUT2D eigenvalue weighted by molar-refractivity contribution is 6.06. The second-order valence-electron chi connectivity index (χ2n) is 5.15. The van der Waals surface area contributed by atoms with Gasteiger partial charge in [0.15, 0.2) is 17.3 Å². The van der Waals surface area contributed by atoms with E-state index < -0.39 is 23.2 Å². The number of carbonyl (C=O) groups excluding carboxylic acids is 1. The Hall–Kier alpha value is -3.03. The summed E-state index contributed by atoms with van der Waals surface area (Å²) in [5, 5.41) is 0. The lowest BCUT2D eigenvalue weighted by molar-refractivity contribution is -0.141. The molecule has 2 rings (SSSR count). The van der Waals surface area contributed by atoms with Crippen molar-refractivity contribution in [1.29, 1.82) is 0 Å². The van der Waals surface area contributed by atoms with Gasteiger partial charge in [-0.15, -0.1) is 0 Å². The number of ketones is 1. The van der Waals surface area contributed by atoms with Crippen molar-refractivity contribution in [3.8, 4) is 11.5 Å². The maximum atomic E-state index is 12.5. The van der Waals surface area contributed by atoms with Crippen LogP contribution < -0.4 is 15.0 Å². The minimum Gasteiger partial charge on any atom is -0.493 e. The molecule has 0 aliphatic carbocycles. The van der Waals surface area contributed by atoms with Crippen LogP contribution in [0.3, 0.4) is 0 Å². The number of carbonyl (C=O) groups is 1. The van der Waals surface area contributed by atoms with Crippen LogP contribution in [0.4, 0.5) is 13.2 Å². The summed E-state index contributed by atoms with van der Waals surface area (Å²) in [7, 11) is 1.47. The largest absolute Gasteiger partial charge is 0.493 e. The SMILES string of the molecule is CCOc1ccc(C=CC(=O)c2ccc(C(F)(F)F)[nH]c2=O)cc1OC. The third kappa shape index (κ3) is 4.53. The van der Waals surface area contributed by atoms with Crippen LogP contribution in [0.5, 0.6) is 11.5 Å². The first-order valence-electron chi connectivity index (χ1n) is 7.60. The highest BCUT2D eigenvalue weighted by Gasteiger charge is 2.32. The molecule has 0 saturated heterocycles. The Balaban J connectivity index is 2.23. The zero-order chi connectivity index (χ0) is 19.3. The Bertz CT molecular complexity index is 885. The topological polar surface area (TPSA) is 68.4 Å². The second kappa shape index (κ2) is 7.90. The van der Waals surface area contributed by atoms with Crippen molar-refractivity contribution in [3.63, 3.8) is 0 Å². The van der Waals surface area contributed by atoms with Gasteiger partial charge in [0, 0.05) is 0 Å². The number of pyridine rings is 1. The normalized spacial score (nSPS) is 11.6. The predicted octanol–water partition coefficient (Wildman–Crippen LogP) is 3.70. The molecule has 1 heterocycles. The lowest BCUT2D eigenvalue weighted by Crippen LogP contribution is -2.21. The van der Waals surface area contributed by atoms with Crippen LogP contribution in [0, 0.1) is 0 Å². The van der Waals surface area contributed by atoms with E-state index in [0.717, 1.165) is 12.1 Å². The number of hydrogen-bond donors (Lipinski definition) is 1. The summed E-state index contributed by atoms with van der Waals surface area (Å²) in [5.74, 6) is 0.291. The summed E-state index contributed by atoms with van der Waals surface area (Å²) in [6.45, 7) is 2.29. The van der Waals surface area contributed by atoms with E-state index in [1.807, 2.05) is 6.92 Å². The second-order valence-corrected chi connectivity index (χ2v) is 5.15. The number of hydrogen-bond acceptors (Lipinski definition) is 4. The highest BCUT2D eigenvalue weighted by atomic mass is 19.4. The fourth-order valence-electron chi connectivity index (χ4n) is 2.16. The van der Waals surface area contributed by atoms with E-state index in [4.69, 9.17) is 9.47 Å². The molecule has 0 saturated carbocycles. The first-order chi connectivity index (χ1) is 12.3. The number of halogens is 3. The molecule has 0 radical (unpaired) electrons. The van der Waals surface area contributed by atoms with Crippen molar-refractivity contribution in [3.05, 3.63) is 63.6 Å². The molecule has 0 aliphatic rings. The minimum atomic E-state index is -4.69. The van der Waals surface area contributed by atoms with Gasteiger partial charge in [-0.2, -0.15) is 13.2 Å². The number of aromatic nitrogens is 1. The van der Waals surface area contributed by atoms with Gasteiger partial charge in [-0.05, 0) is 42.8 Å². The van der Waals surface area contributed by atoms with Gasteiger partial charge in [-0.1, -0.05) is 12.1 Å². The molecule has 5 nitrogen and oxygen atoms in total. The zero-order valence-electron chi connectivity index (χ0n) is 14.0. The minimum absolute atomic E-state index is 0.382. The first kappa shape index (κ1) is 19.3. The third-order valence-electron chi connectivity index (χ3n) is 3.40. The van der Waals surface area contributed by atoms with Crippen molar-refractivity contribution in [2.24, 2.45) is 0 Å². The molecule has 1 aromatic heterocycles. The van der Waals surface area contributed by atoms with Gasteiger partial charge in [-0.25, -0.2) is 0 Å². The Morgan fingerprint density at radius 2 is 1.92 bits per heavy atom. The summed E-state index contributed by atoms with van der Waals surface area (Å²) in [4.78, 5) is 25.5. The maximum Gasteiger partial charge on any atom is 0.431 e. The molecular formula is C18H16F3NO4. The molecule has 26 heavy (non-hydrogen) atoms. The number of aromatic amines is 1. The van der Waals surface area contributed by atoms with Crippen LogP contribution in [0.1, 0.15) is 28.5 Å². The predicted molar refractivity (Wildman–Crippen MR) is 89.6 cm³/mol. The number of benzene rings is 1. The lowest BCUT2D eigenvalue weighted by atomic mass is 10.1. The van der Waals surface area contributed by atoms with Gasteiger partial charge >= 0.3 is 6.18 Å². The van der Waals surface area contributed by atoms with Crippen LogP contribution in [0.25, 0.3) is 6.08 Å². The molecule has 1 aromatic carbocycles. The number of rotatable bonds is 6. The molecule has 0 bridgehead atoms. The fraction of sp³-hybridized carbons (Fsp3) is 0.222. The van der Waals surface area contributed by atoms with Crippen LogP contribution in [-0.4, -0.2) is 24.5 Å². The van der Waals surface area contributed by atoms with Crippen LogP contribution in [-0.2, 0) is 6.18 Å². The molecule has 0 amide bonds. The van der Waals surface area contributed by atoms with E-state index in [0.29, 0.717) is 29.7 Å². The van der Waals surface area contributed by atoms with Crippen LogP contribution in [0.15, 0.2) is 41.2 Å². The summed E-state index contributed by atoms with van der Waals surface area (Å²) in [6, 6.07) is 6.48. The van der Waals surface area contributed by atoms with Crippen molar-refractivity contribution in [2.45, 2.75) is 13.1 Å². The number of ether oxygens (including phenoxy) is 2. The van der Waals surface area contributed by atoms with Crippen molar-refractivity contribution in [1.82, 2.24) is 4.98 Å². The van der Waals surface area contributed by atoms with Crippen LogP contribution >= 0.6 is 0 Å². The quantitative estimate of drug-likeness (QED) is 0.624. The molecule has 0 unspecified atom stereocenters. The Morgan fingerprint density at radius 3 is 2.50 bits per heavy atom. The highest BCUT2D eigenvalue weighted by Crippen LogP contribution is 2.29. The number of alkyl halides is 3. The van der Waals surface area contributed by atoms with E-state index in [1.165, 1.54) is 13.2 Å². The Labute approximate surface area is 147 Å². The maximum absolute atomic E-state index is 12.5. The van der Waals surface area contributed by atoms with E-state index in [2.05, 4.69) is 0 Å². The van der Waals surface area contributed by atoms with Gasteiger partial charge in [-0.3, -0.25) is 9.59 Å². The van der Waals surface area contributed by atoms with Crippen molar-refractivity contribution in [2.75, 3.05) is 13.7 Å². The summed E-state index contributed by atoms with van der Waals surface area (Å²) >= 11 is 0. The number of H-pyrrole nitrogens is 1. The molecule has 0 atom stereocenters. The third-order valence-corrected chi connectivity index (χ3v) is 3.40. The van der Waals surface area contributed by atoms with E-state index in [1.54, 1.807) is 23.2 Å². The Kier molecular flexibility index (Phi) is 5.86. The van der Waals surface area contributed by atoms with E-state index >= 15 is 0 Å². The van der Waals surface area contributed by atoms with Crippen LogP contribution in [0.2, 0.25) is 0 Å². The number of nitrogens with one attached hydrogen (secondary N) is 1. The van der Waals surface area contributed by atoms with Crippen molar-refractivity contribution >= 4 is 11.9 Å². The monoisotopic (exact) mass is 367 g/mol. The Morgan fingerprint density at radius 1 is 1.19 bits per heavy atom. The first-order valence-corrected chi connectivity index (χ1v) is 7.60. The molecule has 0 spiro atoms. The molecule has 1 N–H and O–H groups in total. The summed E-state index contributed by atoms with van der Waals surface area (Å²) < 4.78 is 48.2. The smallest absolute Gasteiger partial charge is 0.431 e. The average Bonchev–Trinajstić information content (AvgIpc) is 2.59. The number of allylic oxidation sites excluding steroid dienone is 1. The number of methoxy groups -OCH3 is 1. The summed E-state index contributed by atoms with van der Waals surface area (Å²) in [5.41, 5.74) is -2.09. The zero-order valence-corrected chi connectivity index (χ0v) is 14.0. The summed E-state index contributed by atoms with van der Waals surface area (Å²) in [6.07, 6.45) is -2.15. The molecular weight excluding hydrogens is 351 g/mol. The lowest BCUT2D eigenvalue weighted by Gasteiger charge is -2.09. The van der Waals surface area contributed by atoms with Gasteiger partial charge in [0.25, 0.3) is 5.56 Å². The fourth-order valence-corrected chi connectivity index (χ4v) is 2.16. The van der Waals surface area contributed by atoms with Gasteiger partial charge in [0.1, 0.15) is 5.69 Å².